The van der Waals surface area contributed by atoms with Gasteiger partial charge in [-0.25, -0.2) is 15.0 Å². The van der Waals surface area contributed by atoms with E-state index in [1.54, 1.807) is 0 Å². The minimum absolute atomic E-state index is 0.207. The van der Waals surface area contributed by atoms with Gasteiger partial charge >= 0.3 is 0 Å². The molecule has 0 aliphatic heterocycles. The summed E-state index contributed by atoms with van der Waals surface area (Å²) in [5, 5.41) is 11.6. The Hall–Kier alpha value is -2.30. The number of aliphatic hydroxyl groups is 1. The van der Waals surface area contributed by atoms with Gasteiger partial charge in [0.15, 0.2) is 5.13 Å². The molecule has 0 bridgehead atoms. The molecule has 2 aromatic rings. The van der Waals surface area contributed by atoms with Gasteiger partial charge in [-0.1, -0.05) is 23.2 Å². The van der Waals surface area contributed by atoms with E-state index < -0.39 is 0 Å². The van der Waals surface area contributed by atoms with Crippen molar-refractivity contribution in [2.75, 3.05) is 11.9 Å². The first-order chi connectivity index (χ1) is 8.79. The number of anilines is 1. The van der Waals surface area contributed by atoms with Crippen molar-refractivity contribution in [2.45, 2.75) is 0 Å². The van der Waals surface area contributed by atoms with Gasteiger partial charge in [0, 0.05) is 12.4 Å². The number of carbonyl (C=O) groups is 1. The summed E-state index contributed by atoms with van der Waals surface area (Å²) in [5.74, 6) is 4.89. The zero-order chi connectivity index (χ0) is 12.8. The van der Waals surface area contributed by atoms with E-state index >= 15 is 0 Å². The highest BCUT2D eigenvalue weighted by Gasteiger charge is 2.08. The largest absolute Gasteiger partial charge is 0.384 e. The van der Waals surface area contributed by atoms with Crippen LogP contribution in [0.3, 0.4) is 0 Å². The quantitative estimate of drug-likeness (QED) is 0.769. The molecule has 2 aromatic heterocycles. The third-order valence-corrected chi connectivity index (χ3v) is 2.67. The maximum Gasteiger partial charge on any atom is 0.260 e. The molecule has 6 nitrogen and oxygen atoms in total. The predicted octanol–water partition coefficient (Wildman–Crippen LogP) is 0.529. The monoisotopic (exact) mass is 260 g/mol. The molecule has 0 spiro atoms. The molecule has 0 aliphatic rings. The van der Waals surface area contributed by atoms with Crippen LogP contribution in [-0.4, -0.2) is 32.6 Å². The number of nitrogens with one attached hydrogen (secondary N) is 1. The van der Waals surface area contributed by atoms with Gasteiger partial charge in [-0.15, -0.1) is 0 Å². The highest BCUT2D eigenvalue weighted by Crippen LogP contribution is 2.17. The van der Waals surface area contributed by atoms with Gasteiger partial charge in [-0.2, -0.15) is 0 Å². The van der Waals surface area contributed by atoms with Crippen LogP contribution in [0.5, 0.6) is 0 Å². The summed E-state index contributed by atoms with van der Waals surface area (Å²) in [6.07, 6.45) is 5.72. The highest BCUT2D eigenvalue weighted by molar-refractivity contribution is 7.16. The first-order valence-electron chi connectivity index (χ1n) is 4.91. The summed E-state index contributed by atoms with van der Waals surface area (Å²) in [7, 11) is 0. The van der Waals surface area contributed by atoms with Gasteiger partial charge in [0.05, 0.1) is 16.6 Å². The Labute approximate surface area is 107 Å². The number of aromatic nitrogens is 3. The van der Waals surface area contributed by atoms with Crippen LogP contribution in [0.15, 0.2) is 24.9 Å². The molecule has 0 unspecified atom stereocenters. The molecule has 0 aliphatic carbocycles. The van der Waals surface area contributed by atoms with Gasteiger partial charge in [-0.05, 0) is 0 Å². The molecule has 18 heavy (non-hydrogen) atoms. The standard InChI is InChI=1S/C11H8N4O2S/c16-3-1-2-9-6-14-11(18-9)15-10(17)8-4-12-7-13-5-8/h4-7,16H,3H2,(H,14,15,17). The van der Waals surface area contributed by atoms with E-state index in [4.69, 9.17) is 5.11 Å². The lowest BCUT2D eigenvalue weighted by Gasteiger charge is -1.99. The number of hydrogen-bond donors (Lipinski definition) is 2. The molecular weight excluding hydrogens is 252 g/mol. The van der Waals surface area contributed by atoms with E-state index in [1.165, 1.54) is 36.3 Å². The number of hydrogen-bond acceptors (Lipinski definition) is 6. The van der Waals surface area contributed by atoms with Gasteiger partial charge in [0.1, 0.15) is 12.9 Å². The SMILES string of the molecule is O=C(Nc1ncc(C#CCO)s1)c1cncnc1. The van der Waals surface area contributed by atoms with E-state index in [2.05, 4.69) is 32.1 Å². The van der Waals surface area contributed by atoms with Crippen molar-refractivity contribution in [2.24, 2.45) is 0 Å². The fourth-order valence-electron chi connectivity index (χ4n) is 1.10. The van der Waals surface area contributed by atoms with Gasteiger partial charge in [-0.3, -0.25) is 10.1 Å². The molecular formula is C11H8N4O2S. The molecule has 0 atom stereocenters. The van der Waals surface area contributed by atoms with Crippen molar-refractivity contribution in [3.05, 3.63) is 35.4 Å². The highest BCUT2D eigenvalue weighted by atomic mass is 32.1. The molecule has 0 aromatic carbocycles. The average molecular weight is 260 g/mol. The van der Waals surface area contributed by atoms with Gasteiger partial charge in [0.25, 0.3) is 5.91 Å². The van der Waals surface area contributed by atoms with Crippen LogP contribution in [-0.2, 0) is 0 Å². The molecule has 1 amide bonds. The Morgan fingerprint density at radius 1 is 1.39 bits per heavy atom. The number of carbonyl (C=O) groups excluding carboxylic acids is 1. The van der Waals surface area contributed by atoms with E-state index in [-0.39, 0.29) is 12.5 Å². The maximum absolute atomic E-state index is 11.7. The Kier molecular flexibility index (Phi) is 3.96. The smallest absolute Gasteiger partial charge is 0.260 e. The summed E-state index contributed by atoms with van der Waals surface area (Å²) in [5.41, 5.74) is 0.357. The molecule has 0 saturated heterocycles. The summed E-state index contributed by atoms with van der Waals surface area (Å²) in [4.78, 5) is 23.9. The number of thiazole rings is 1. The summed E-state index contributed by atoms with van der Waals surface area (Å²) in [6, 6.07) is 0. The normalized spacial score (nSPS) is 9.39. The van der Waals surface area contributed by atoms with Crippen molar-refractivity contribution in [3.8, 4) is 11.8 Å². The van der Waals surface area contributed by atoms with Crippen molar-refractivity contribution in [1.29, 1.82) is 0 Å². The third kappa shape index (κ3) is 3.10. The van der Waals surface area contributed by atoms with Gasteiger partial charge in [0.2, 0.25) is 0 Å². The number of nitrogens with zero attached hydrogens (tertiary/aromatic N) is 3. The molecule has 0 saturated carbocycles. The van der Waals surface area contributed by atoms with Crippen LogP contribution >= 0.6 is 11.3 Å². The maximum atomic E-state index is 11.7. The summed E-state index contributed by atoms with van der Waals surface area (Å²) < 4.78 is 0. The van der Waals surface area contributed by atoms with Crippen LogP contribution in [0, 0.1) is 11.8 Å². The van der Waals surface area contributed by atoms with Crippen LogP contribution < -0.4 is 5.32 Å². The first kappa shape index (κ1) is 12.2. The Morgan fingerprint density at radius 3 is 2.89 bits per heavy atom. The molecule has 7 heteroatoms. The lowest BCUT2D eigenvalue weighted by atomic mass is 10.3. The lowest BCUT2D eigenvalue weighted by Crippen LogP contribution is -2.12. The lowest BCUT2D eigenvalue weighted by molar-refractivity contribution is 0.102. The fraction of sp³-hybridized carbons (Fsp3) is 0.0909. The molecule has 2 heterocycles. The Bertz CT molecular complexity index is 600. The molecule has 0 fully saturated rings. The Morgan fingerprint density at radius 2 is 2.17 bits per heavy atom. The minimum atomic E-state index is -0.327. The number of amides is 1. The van der Waals surface area contributed by atoms with Crippen molar-refractivity contribution in [1.82, 2.24) is 15.0 Å². The van der Waals surface area contributed by atoms with Crippen LogP contribution in [0.2, 0.25) is 0 Å². The fourth-order valence-corrected chi connectivity index (χ4v) is 1.79. The van der Waals surface area contributed by atoms with Crippen molar-refractivity contribution >= 4 is 22.4 Å². The van der Waals surface area contributed by atoms with Crippen LogP contribution in [0.4, 0.5) is 5.13 Å². The summed E-state index contributed by atoms with van der Waals surface area (Å²) in [6.45, 7) is -0.207. The predicted molar refractivity (Wildman–Crippen MR) is 66.1 cm³/mol. The second-order valence-electron chi connectivity index (χ2n) is 3.07. The molecule has 2 rings (SSSR count). The minimum Gasteiger partial charge on any atom is -0.384 e. The van der Waals surface area contributed by atoms with Crippen LogP contribution in [0.25, 0.3) is 0 Å². The van der Waals surface area contributed by atoms with E-state index in [0.717, 1.165) is 0 Å². The van der Waals surface area contributed by atoms with Crippen LogP contribution in [0.1, 0.15) is 15.2 Å². The Balaban J connectivity index is 2.06. The van der Waals surface area contributed by atoms with Gasteiger partial charge < -0.3 is 5.11 Å². The van der Waals surface area contributed by atoms with E-state index in [9.17, 15) is 4.79 Å². The summed E-state index contributed by atoms with van der Waals surface area (Å²) >= 11 is 1.23. The number of aliphatic hydroxyl groups excluding tert-OH is 1. The second-order valence-corrected chi connectivity index (χ2v) is 4.10. The molecule has 0 radical (unpaired) electrons. The zero-order valence-electron chi connectivity index (χ0n) is 9.12. The number of rotatable bonds is 2. The molecule has 2 N–H and O–H groups in total. The topological polar surface area (TPSA) is 88.0 Å². The average Bonchev–Trinajstić information content (AvgIpc) is 2.85. The second kappa shape index (κ2) is 5.86. The zero-order valence-corrected chi connectivity index (χ0v) is 9.94. The first-order valence-corrected chi connectivity index (χ1v) is 5.73. The van der Waals surface area contributed by atoms with Crippen molar-refractivity contribution in [3.63, 3.8) is 0 Å². The molecule has 90 valence electrons. The van der Waals surface area contributed by atoms with E-state index in [1.807, 2.05) is 0 Å². The van der Waals surface area contributed by atoms with Crippen molar-refractivity contribution < 1.29 is 9.90 Å². The third-order valence-electron chi connectivity index (χ3n) is 1.84. The van der Waals surface area contributed by atoms with E-state index in [0.29, 0.717) is 15.6 Å².